The van der Waals surface area contributed by atoms with Gasteiger partial charge in [-0.1, -0.05) is 24.3 Å². The van der Waals surface area contributed by atoms with Crippen LogP contribution >= 0.6 is 23.5 Å². The second-order valence-corrected chi connectivity index (χ2v) is 7.48. The monoisotopic (exact) mass is 354 g/mol. The molecule has 0 heterocycles. The lowest BCUT2D eigenvalue weighted by molar-refractivity contribution is 0.474. The third-order valence-electron chi connectivity index (χ3n) is 3.48. The van der Waals surface area contributed by atoms with Gasteiger partial charge in [0.15, 0.2) is 0 Å². The summed E-state index contributed by atoms with van der Waals surface area (Å²) in [5.74, 6) is 2.41. The van der Waals surface area contributed by atoms with Crippen LogP contribution in [0.1, 0.15) is 11.1 Å². The molecule has 122 valence electrons. The lowest BCUT2D eigenvalue weighted by Gasteiger charge is -2.06. The van der Waals surface area contributed by atoms with Gasteiger partial charge in [-0.25, -0.2) is 0 Å². The zero-order chi connectivity index (χ0) is 16.8. The van der Waals surface area contributed by atoms with Gasteiger partial charge in [0.05, 0.1) is 0 Å². The van der Waals surface area contributed by atoms with Crippen molar-refractivity contribution in [2.45, 2.75) is 21.3 Å². The maximum Gasteiger partial charge on any atom is 0.115 e. The highest BCUT2D eigenvalue weighted by Crippen LogP contribution is 2.27. The molecule has 2 N–H and O–H groups in total. The number of rotatable bonds is 6. The Balaban J connectivity index is 1.57. The summed E-state index contributed by atoms with van der Waals surface area (Å²) < 4.78 is 0. The summed E-state index contributed by atoms with van der Waals surface area (Å²) in [7, 11) is 0. The number of hydrogen-bond acceptors (Lipinski definition) is 4. The molecule has 0 saturated heterocycles. The molecular formula is C20H18O2S2. The van der Waals surface area contributed by atoms with Crippen LogP contribution in [0.15, 0.2) is 82.6 Å². The number of thioether (sulfide) groups is 2. The topological polar surface area (TPSA) is 40.5 Å². The minimum Gasteiger partial charge on any atom is -0.508 e. The van der Waals surface area contributed by atoms with Crippen LogP contribution in [0.2, 0.25) is 0 Å². The number of benzene rings is 3. The molecule has 0 saturated carbocycles. The van der Waals surface area contributed by atoms with Crippen molar-refractivity contribution in [2.75, 3.05) is 0 Å². The Morgan fingerprint density at radius 1 is 0.583 bits per heavy atom. The van der Waals surface area contributed by atoms with E-state index in [1.54, 1.807) is 47.8 Å². The van der Waals surface area contributed by atoms with Gasteiger partial charge < -0.3 is 10.2 Å². The number of aromatic hydroxyl groups is 2. The highest BCUT2D eigenvalue weighted by molar-refractivity contribution is 7.98. The average Bonchev–Trinajstić information content (AvgIpc) is 2.61. The third kappa shape index (κ3) is 4.98. The van der Waals surface area contributed by atoms with Crippen molar-refractivity contribution in [1.82, 2.24) is 0 Å². The Morgan fingerprint density at radius 2 is 1.00 bits per heavy atom. The summed E-state index contributed by atoms with van der Waals surface area (Å²) in [6.45, 7) is 0. The van der Waals surface area contributed by atoms with Crippen molar-refractivity contribution >= 4 is 23.5 Å². The van der Waals surface area contributed by atoms with E-state index in [2.05, 4.69) is 24.3 Å². The summed E-state index contributed by atoms with van der Waals surface area (Å²) in [6, 6.07) is 23.2. The van der Waals surface area contributed by atoms with E-state index in [1.165, 1.54) is 11.1 Å². The van der Waals surface area contributed by atoms with E-state index in [1.807, 2.05) is 24.3 Å². The zero-order valence-corrected chi connectivity index (χ0v) is 14.7. The Bertz CT molecular complexity index is 719. The minimum atomic E-state index is 0.299. The van der Waals surface area contributed by atoms with E-state index in [4.69, 9.17) is 0 Å². The fourth-order valence-electron chi connectivity index (χ4n) is 2.23. The van der Waals surface area contributed by atoms with Crippen molar-refractivity contribution < 1.29 is 10.2 Å². The maximum absolute atomic E-state index is 9.32. The second-order valence-electron chi connectivity index (χ2n) is 5.39. The molecule has 0 aliphatic heterocycles. The molecule has 4 heteroatoms. The van der Waals surface area contributed by atoms with E-state index in [0.717, 1.165) is 21.3 Å². The first-order valence-corrected chi connectivity index (χ1v) is 9.58. The van der Waals surface area contributed by atoms with E-state index in [0.29, 0.717) is 11.5 Å². The van der Waals surface area contributed by atoms with Crippen molar-refractivity contribution in [3.63, 3.8) is 0 Å². The molecule has 3 rings (SSSR count). The average molecular weight is 354 g/mol. The van der Waals surface area contributed by atoms with Gasteiger partial charge in [-0.3, -0.25) is 0 Å². The standard InChI is InChI=1S/C20H18O2S2/c21-17-4-8-19(9-5-17)23-13-15-2-1-3-16(12-15)14-24-20-10-6-18(22)7-11-20/h1-12,21-22H,13-14H2. The van der Waals surface area contributed by atoms with Crippen LogP contribution in [0, 0.1) is 0 Å². The molecule has 0 fully saturated rings. The normalized spacial score (nSPS) is 10.7. The Hall–Kier alpha value is -2.04. The van der Waals surface area contributed by atoms with Crippen LogP contribution in [0.5, 0.6) is 11.5 Å². The van der Waals surface area contributed by atoms with Crippen molar-refractivity contribution in [3.8, 4) is 11.5 Å². The molecule has 24 heavy (non-hydrogen) atoms. The molecular weight excluding hydrogens is 336 g/mol. The summed E-state index contributed by atoms with van der Waals surface area (Å²) in [5.41, 5.74) is 2.58. The minimum absolute atomic E-state index is 0.299. The fourth-order valence-corrected chi connectivity index (χ4v) is 3.91. The lowest BCUT2D eigenvalue weighted by Crippen LogP contribution is -1.86. The van der Waals surface area contributed by atoms with E-state index in [-0.39, 0.29) is 0 Å². The summed E-state index contributed by atoms with van der Waals surface area (Å²) in [4.78, 5) is 2.30. The fraction of sp³-hybridized carbons (Fsp3) is 0.100. The Labute approximate surface area is 150 Å². The molecule has 2 nitrogen and oxygen atoms in total. The molecule has 0 radical (unpaired) electrons. The molecule has 0 aliphatic carbocycles. The van der Waals surface area contributed by atoms with Crippen molar-refractivity contribution in [1.29, 1.82) is 0 Å². The number of phenolic OH excluding ortho intramolecular Hbond substituents is 2. The Kier molecular flexibility index (Phi) is 5.72. The predicted octanol–water partition coefficient (Wildman–Crippen LogP) is 5.68. The second kappa shape index (κ2) is 8.18. The highest BCUT2D eigenvalue weighted by atomic mass is 32.2. The van der Waals surface area contributed by atoms with Crippen LogP contribution in [-0.4, -0.2) is 10.2 Å². The first-order valence-electron chi connectivity index (χ1n) is 7.60. The van der Waals surface area contributed by atoms with Gasteiger partial charge in [0.2, 0.25) is 0 Å². The van der Waals surface area contributed by atoms with Crippen LogP contribution in [0.4, 0.5) is 0 Å². The van der Waals surface area contributed by atoms with Crippen LogP contribution < -0.4 is 0 Å². The first-order chi connectivity index (χ1) is 11.7. The largest absolute Gasteiger partial charge is 0.508 e. The van der Waals surface area contributed by atoms with Gasteiger partial charge in [0.25, 0.3) is 0 Å². The summed E-state index contributed by atoms with van der Waals surface area (Å²) >= 11 is 3.52. The maximum atomic E-state index is 9.32. The van der Waals surface area contributed by atoms with Gasteiger partial charge in [0.1, 0.15) is 11.5 Å². The molecule has 0 amide bonds. The van der Waals surface area contributed by atoms with E-state index in [9.17, 15) is 10.2 Å². The molecule has 0 spiro atoms. The number of phenols is 2. The quantitative estimate of drug-likeness (QED) is 0.559. The summed E-state index contributed by atoms with van der Waals surface area (Å²) in [6.07, 6.45) is 0. The first kappa shape index (κ1) is 16.8. The molecule has 0 atom stereocenters. The number of hydrogen-bond donors (Lipinski definition) is 2. The smallest absolute Gasteiger partial charge is 0.115 e. The van der Waals surface area contributed by atoms with Gasteiger partial charge in [0, 0.05) is 21.3 Å². The molecule has 0 bridgehead atoms. The van der Waals surface area contributed by atoms with Crippen molar-refractivity contribution in [3.05, 3.63) is 83.9 Å². The van der Waals surface area contributed by atoms with Crippen LogP contribution in [0.3, 0.4) is 0 Å². The SMILES string of the molecule is Oc1ccc(SCc2cccc(CSc3ccc(O)cc3)c2)cc1. The molecule has 0 unspecified atom stereocenters. The predicted molar refractivity (Wildman–Crippen MR) is 102 cm³/mol. The molecule has 0 aliphatic rings. The Morgan fingerprint density at radius 3 is 1.42 bits per heavy atom. The molecule has 3 aromatic carbocycles. The van der Waals surface area contributed by atoms with Gasteiger partial charge in [-0.15, -0.1) is 23.5 Å². The van der Waals surface area contributed by atoms with Gasteiger partial charge in [-0.2, -0.15) is 0 Å². The van der Waals surface area contributed by atoms with Gasteiger partial charge in [-0.05, 0) is 59.7 Å². The van der Waals surface area contributed by atoms with E-state index < -0.39 is 0 Å². The third-order valence-corrected chi connectivity index (χ3v) is 5.64. The van der Waals surface area contributed by atoms with Crippen LogP contribution in [-0.2, 0) is 11.5 Å². The van der Waals surface area contributed by atoms with E-state index >= 15 is 0 Å². The lowest BCUT2D eigenvalue weighted by atomic mass is 10.2. The van der Waals surface area contributed by atoms with Gasteiger partial charge >= 0.3 is 0 Å². The van der Waals surface area contributed by atoms with Crippen LogP contribution in [0.25, 0.3) is 0 Å². The molecule has 0 aromatic heterocycles. The molecule has 3 aromatic rings. The highest BCUT2D eigenvalue weighted by Gasteiger charge is 2.01. The zero-order valence-electron chi connectivity index (χ0n) is 13.1. The van der Waals surface area contributed by atoms with Crippen molar-refractivity contribution in [2.24, 2.45) is 0 Å². The summed E-state index contributed by atoms with van der Waals surface area (Å²) in [5, 5.41) is 18.6.